The number of rotatable bonds is 5. The molecule has 1 unspecified atom stereocenters. The zero-order valence-electron chi connectivity index (χ0n) is 17.1. The number of carbonyl (C=O) groups is 2. The smallest absolute Gasteiger partial charge is 0.313 e. The molecule has 1 aromatic heterocycles. The fourth-order valence-corrected chi connectivity index (χ4v) is 3.74. The molecule has 1 atom stereocenters. The van der Waals surface area contributed by atoms with Crippen LogP contribution in [0.2, 0.25) is 5.02 Å². The maximum absolute atomic E-state index is 12.4. The van der Waals surface area contributed by atoms with Crippen LogP contribution in [0.4, 0.5) is 5.69 Å². The van der Waals surface area contributed by atoms with Crippen molar-refractivity contribution in [2.45, 2.75) is 13.0 Å². The number of piperazine rings is 1. The molecule has 1 aliphatic heterocycles. The number of carbonyl (C=O) groups excluding carboxylic acids is 2. The molecule has 0 spiro atoms. The predicted molar refractivity (Wildman–Crippen MR) is 115 cm³/mol. The SMILES string of the molecule is Cc1c(Cl)cccc1NC(=O)C(=O)NCC(c1cccn1C)N1CCN(C)CC1. The molecule has 2 heterocycles. The average molecular weight is 418 g/mol. The van der Waals surface area contributed by atoms with Crippen LogP contribution in [0.15, 0.2) is 36.5 Å². The monoisotopic (exact) mass is 417 g/mol. The molecule has 1 aliphatic rings. The lowest BCUT2D eigenvalue weighted by Gasteiger charge is -2.38. The number of nitrogens with one attached hydrogen (secondary N) is 2. The van der Waals surface area contributed by atoms with Crippen molar-refractivity contribution in [2.24, 2.45) is 7.05 Å². The number of hydrogen-bond acceptors (Lipinski definition) is 4. The van der Waals surface area contributed by atoms with Crippen molar-refractivity contribution in [1.82, 2.24) is 19.7 Å². The zero-order valence-corrected chi connectivity index (χ0v) is 17.9. The summed E-state index contributed by atoms with van der Waals surface area (Å²) in [6.07, 6.45) is 1.99. The summed E-state index contributed by atoms with van der Waals surface area (Å²) in [4.78, 5) is 29.5. The molecular weight excluding hydrogens is 390 g/mol. The highest BCUT2D eigenvalue weighted by Crippen LogP contribution is 2.23. The van der Waals surface area contributed by atoms with Gasteiger partial charge in [-0.1, -0.05) is 17.7 Å². The minimum atomic E-state index is -0.695. The second kappa shape index (κ2) is 9.43. The van der Waals surface area contributed by atoms with Crippen LogP contribution in [0.1, 0.15) is 17.3 Å². The lowest BCUT2D eigenvalue weighted by Crippen LogP contribution is -2.49. The summed E-state index contributed by atoms with van der Waals surface area (Å²) < 4.78 is 2.06. The summed E-state index contributed by atoms with van der Waals surface area (Å²) in [5, 5.41) is 6.00. The van der Waals surface area contributed by atoms with E-state index in [0.29, 0.717) is 17.3 Å². The molecule has 0 aliphatic carbocycles. The quantitative estimate of drug-likeness (QED) is 0.730. The summed E-state index contributed by atoms with van der Waals surface area (Å²) in [7, 11) is 4.10. The Labute approximate surface area is 176 Å². The van der Waals surface area contributed by atoms with Crippen molar-refractivity contribution in [2.75, 3.05) is 45.1 Å². The maximum atomic E-state index is 12.4. The highest BCUT2D eigenvalue weighted by atomic mass is 35.5. The highest BCUT2D eigenvalue weighted by Gasteiger charge is 2.27. The first-order valence-corrected chi connectivity index (χ1v) is 10.1. The number of aromatic nitrogens is 1. The summed E-state index contributed by atoms with van der Waals surface area (Å²) in [6.45, 7) is 5.94. The Balaban J connectivity index is 1.65. The van der Waals surface area contributed by atoms with Crippen LogP contribution in [-0.4, -0.2) is 66.0 Å². The summed E-state index contributed by atoms with van der Waals surface area (Å²) >= 11 is 6.08. The predicted octanol–water partition coefficient (Wildman–Crippen LogP) is 2.03. The standard InChI is InChI=1S/C21H28ClN5O2/c1-15-16(22)6-4-7-17(15)24-21(29)20(28)23-14-19(18-8-5-9-26(18)3)27-12-10-25(2)11-13-27/h4-9,19H,10-14H2,1-3H3,(H,23,28)(H,24,29). The minimum absolute atomic E-state index is 0.00774. The third-order valence-corrected chi connectivity index (χ3v) is 5.89. The van der Waals surface area contributed by atoms with Crippen LogP contribution in [0.5, 0.6) is 0 Å². The molecule has 0 radical (unpaired) electrons. The molecule has 2 amide bonds. The average Bonchev–Trinajstić information content (AvgIpc) is 3.12. The Morgan fingerprint density at radius 1 is 1.07 bits per heavy atom. The number of halogens is 1. The van der Waals surface area contributed by atoms with E-state index in [2.05, 4.69) is 38.1 Å². The Kier molecular flexibility index (Phi) is 6.95. The van der Waals surface area contributed by atoms with Crippen LogP contribution in [0.25, 0.3) is 0 Å². The van der Waals surface area contributed by atoms with Crippen molar-refractivity contribution in [1.29, 1.82) is 0 Å². The number of amides is 2. The van der Waals surface area contributed by atoms with Crippen LogP contribution >= 0.6 is 11.6 Å². The maximum Gasteiger partial charge on any atom is 0.313 e. The van der Waals surface area contributed by atoms with Crippen molar-refractivity contribution in [3.63, 3.8) is 0 Å². The van der Waals surface area contributed by atoms with Crippen molar-refractivity contribution < 1.29 is 9.59 Å². The van der Waals surface area contributed by atoms with Gasteiger partial charge < -0.3 is 20.1 Å². The second-order valence-corrected chi connectivity index (χ2v) is 7.88. The van der Waals surface area contributed by atoms with E-state index < -0.39 is 11.8 Å². The second-order valence-electron chi connectivity index (χ2n) is 7.48. The van der Waals surface area contributed by atoms with E-state index in [9.17, 15) is 9.59 Å². The molecule has 156 valence electrons. The molecule has 1 aromatic carbocycles. The normalized spacial score (nSPS) is 16.4. The molecule has 2 N–H and O–H groups in total. The molecular formula is C21H28ClN5O2. The van der Waals surface area contributed by atoms with E-state index in [1.807, 2.05) is 19.3 Å². The van der Waals surface area contributed by atoms with Gasteiger partial charge in [-0.25, -0.2) is 0 Å². The van der Waals surface area contributed by atoms with Crippen LogP contribution < -0.4 is 10.6 Å². The molecule has 7 nitrogen and oxygen atoms in total. The summed E-state index contributed by atoms with van der Waals surface area (Å²) in [6, 6.07) is 9.27. The van der Waals surface area contributed by atoms with Gasteiger partial charge in [0.25, 0.3) is 0 Å². The lowest BCUT2D eigenvalue weighted by atomic mass is 10.1. The number of hydrogen-bond donors (Lipinski definition) is 2. The van der Waals surface area contributed by atoms with Gasteiger partial charge in [0.2, 0.25) is 0 Å². The Hall–Kier alpha value is -2.35. The molecule has 8 heteroatoms. The first-order chi connectivity index (χ1) is 13.9. The largest absolute Gasteiger partial charge is 0.353 e. The van der Waals surface area contributed by atoms with Gasteiger partial charge in [0, 0.05) is 62.4 Å². The summed E-state index contributed by atoms with van der Waals surface area (Å²) in [5.41, 5.74) is 2.38. The third-order valence-electron chi connectivity index (χ3n) is 5.48. The van der Waals surface area contributed by atoms with Gasteiger partial charge in [-0.2, -0.15) is 0 Å². The Bertz CT molecular complexity index is 874. The first-order valence-electron chi connectivity index (χ1n) is 9.75. The van der Waals surface area contributed by atoms with Gasteiger partial charge in [-0.05, 0) is 43.8 Å². The van der Waals surface area contributed by atoms with Gasteiger partial charge in [0.05, 0.1) is 6.04 Å². The van der Waals surface area contributed by atoms with Gasteiger partial charge in [0.15, 0.2) is 0 Å². The van der Waals surface area contributed by atoms with Gasteiger partial charge >= 0.3 is 11.8 Å². The zero-order chi connectivity index (χ0) is 21.0. The van der Waals surface area contributed by atoms with Crippen LogP contribution in [-0.2, 0) is 16.6 Å². The Morgan fingerprint density at radius 3 is 2.45 bits per heavy atom. The van der Waals surface area contributed by atoms with E-state index in [0.717, 1.165) is 37.4 Å². The third kappa shape index (κ3) is 5.18. The van der Waals surface area contributed by atoms with Crippen molar-refractivity contribution >= 4 is 29.1 Å². The van der Waals surface area contributed by atoms with Gasteiger partial charge in [0.1, 0.15) is 0 Å². The molecule has 1 saturated heterocycles. The molecule has 29 heavy (non-hydrogen) atoms. The van der Waals surface area contributed by atoms with Crippen molar-refractivity contribution in [3.05, 3.63) is 52.8 Å². The van der Waals surface area contributed by atoms with E-state index in [1.165, 1.54) is 0 Å². The van der Waals surface area contributed by atoms with Gasteiger partial charge in [-0.15, -0.1) is 0 Å². The minimum Gasteiger partial charge on any atom is -0.353 e. The fraction of sp³-hybridized carbons (Fsp3) is 0.429. The van der Waals surface area contributed by atoms with Crippen molar-refractivity contribution in [3.8, 4) is 0 Å². The van der Waals surface area contributed by atoms with E-state index in [1.54, 1.807) is 25.1 Å². The lowest BCUT2D eigenvalue weighted by molar-refractivity contribution is -0.136. The number of anilines is 1. The van der Waals surface area contributed by atoms with E-state index in [4.69, 9.17) is 11.6 Å². The number of nitrogens with zero attached hydrogens (tertiary/aromatic N) is 3. The van der Waals surface area contributed by atoms with E-state index >= 15 is 0 Å². The fourth-order valence-electron chi connectivity index (χ4n) is 3.57. The molecule has 1 fully saturated rings. The topological polar surface area (TPSA) is 69.6 Å². The summed E-state index contributed by atoms with van der Waals surface area (Å²) in [5.74, 6) is -1.35. The van der Waals surface area contributed by atoms with E-state index in [-0.39, 0.29) is 6.04 Å². The highest BCUT2D eigenvalue weighted by molar-refractivity contribution is 6.40. The number of benzene rings is 1. The van der Waals surface area contributed by atoms with Crippen LogP contribution in [0.3, 0.4) is 0 Å². The molecule has 2 aromatic rings. The Morgan fingerprint density at radius 2 is 1.79 bits per heavy atom. The molecule has 0 saturated carbocycles. The molecule has 0 bridgehead atoms. The molecule has 3 rings (SSSR count). The first kappa shape index (κ1) is 21.4. The van der Waals surface area contributed by atoms with Crippen LogP contribution in [0, 0.1) is 6.92 Å². The van der Waals surface area contributed by atoms with Gasteiger partial charge in [-0.3, -0.25) is 14.5 Å². The number of aryl methyl sites for hydroxylation is 1. The number of likely N-dealkylation sites (N-methyl/N-ethyl adjacent to an activating group) is 1.